The number of carboxylic acid groups (broad SMARTS) is 1. The van der Waals surface area contributed by atoms with Crippen LogP contribution in [0, 0.1) is 0 Å². The number of hydrogen-bond acceptors (Lipinski definition) is 5. The Kier molecular flexibility index (Phi) is 4.08. The summed E-state index contributed by atoms with van der Waals surface area (Å²) in [6, 6.07) is -0.947. The molecule has 1 saturated heterocycles. The van der Waals surface area contributed by atoms with E-state index in [4.69, 9.17) is 5.11 Å². The number of carbonyl (C=O) groups excluding carboxylic acids is 4. The first kappa shape index (κ1) is 13.3. The molecule has 0 bridgehead atoms. The molecular weight excluding hydrogens is 244 g/mol. The standard InChI is InChI=1S/C10H8N2O6/c13-4-3-5(9(16)17)1-2-6-7(14)11-10(18)12-8(6)15/h1-2,4H,3H2,(H,16,17)(H2,11,12,14,15,18)/b5-1-. The summed E-state index contributed by atoms with van der Waals surface area (Å²) in [4.78, 5) is 54.1. The minimum atomic E-state index is -1.34. The molecule has 0 aliphatic carbocycles. The Morgan fingerprint density at radius 2 is 1.72 bits per heavy atom. The Hall–Kier alpha value is -2.77. The number of rotatable bonds is 4. The monoisotopic (exact) mass is 252 g/mol. The van der Waals surface area contributed by atoms with Crippen molar-refractivity contribution in [2.45, 2.75) is 6.42 Å². The second-order valence-corrected chi connectivity index (χ2v) is 3.19. The second-order valence-electron chi connectivity index (χ2n) is 3.19. The fourth-order valence-electron chi connectivity index (χ4n) is 1.13. The average Bonchev–Trinajstić information content (AvgIpc) is 2.25. The van der Waals surface area contributed by atoms with Crippen molar-refractivity contribution in [3.05, 3.63) is 23.3 Å². The van der Waals surface area contributed by atoms with Gasteiger partial charge in [0.2, 0.25) is 0 Å². The predicted molar refractivity (Wildman–Crippen MR) is 56.2 cm³/mol. The molecule has 1 rings (SSSR count). The smallest absolute Gasteiger partial charge is 0.331 e. The summed E-state index contributed by atoms with van der Waals surface area (Å²) < 4.78 is 0. The van der Waals surface area contributed by atoms with E-state index in [1.807, 2.05) is 10.6 Å². The van der Waals surface area contributed by atoms with Crippen molar-refractivity contribution in [2.24, 2.45) is 0 Å². The van der Waals surface area contributed by atoms with Gasteiger partial charge in [-0.3, -0.25) is 20.2 Å². The van der Waals surface area contributed by atoms with Gasteiger partial charge in [0, 0.05) is 12.0 Å². The summed E-state index contributed by atoms with van der Waals surface area (Å²) in [5, 5.41) is 12.3. The summed E-state index contributed by atoms with van der Waals surface area (Å²) in [5.74, 6) is -3.21. The van der Waals surface area contributed by atoms with Crippen molar-refractivity contribution in [1.29, 1.82) is 0 Å². The van der Waals surface area contributed by atoms with Gasteiger partial charge in [-0.25, -0.2) is 9.59 Å². The maximum Gasteiger partial charge on any atom is 0.331 e. The second kappa shape index (κ2) is 5.53. The third-order valence-corrected chi connectivity index (χ3v) is 1.97. The Balaban J connectivity index is 3.00. The number of barbiturate groups is 1. The number of amides is 4. The molecule has 18 heavy (non-hydrogen) atoms. The van der Waals surface area contributed by atoms with Crippen LogP contribution in [0.25, 0.3) is 0 Å². The lowest BCUT2D eigenvalue weighted by molar-refractivity contribution is -0.133. The van der Waals surface area contributed by atoms with E-state index in [1.54, 1.807) is 0 Å². The van der Waals surface area contributed by atoms with E-state index in [0.717, 1.165) is 12.2 Å². The zero-order chi connectivity index (χ0) is 13.7. The average molecular weight is 252 g/mol. The highest BCUT2D eigenvalue weighted by Crippen LogP contribution is 2.05. The minimum absolute atomic E-state index is 0.282. The van der Waals surface area contributed by atoms with E-state index in [1.165, 1.54) is 0 Å². The molecule has 0 aromatic rings. The van der Waals surface area contributed by atoms with Crippen molar-refractivity contribution < 1.29 is 29.1 Å². The summed E-state index contributed by atoms with van der Waals surface area (Å²) >= 11 is 0. The third kappa shape index (κ3) is 3.11. The molecule has 0 saturated carbocycles. The molecule has 1 heterocycles. The normalized spacial score (nSPS) is 15.9. The largest absolute Gasteiger partial charge is 0.478 e. The highest BCUT2D eigenvalue weighted by atomic mass is 16.4. The number of hydrogen-bond donors (Lipinski definition) is 3. The molecule has 0 atom stereocenters. The zero-order valence-electron chi connectivity index (χ0n) is 8.93. The topological polar surface area (TPSA) is 130 Å². The Morgan fingerprint density at radius 3 is 2.17 bits per heavy atom. The summed E-state index contributed by atoms with van der Waals surface area (Å²) in [7, 11) is 0. The molecule has 0 aromatic heterocycles. The van der Waals surface area contributed by atoms with Crippen molar-refractivity contribution in [3.63, 3.8) is 0 Å². The quantitative estimate of drug-likeness (QED) is 0.330. The molecule has 4 amide bonds. The fourth-order valence-corrected chi connectivity index (χ4v) is 1.13. The first-order chi connectivity index (χ1) is 8.45. The molecule has 8 nitrogen and oxygen atoms in total. The molecule has 8 heteroatoms. The lowest BCUT2D eigenvalue weighted by Crippen LogP contribution is -2.51. The van der Waals surface area contributed by atoms with Crippen LogP contribution in [0.5, 0.6) is 0 Å². The number of allylic oxidation sites excluding steroid dienone is 2. The third-order valence-electron chi connectivity index (χ3n) is 1.97. The van der Waals surface area contributed by atoms with Crippen LogP contribution < -0.4 is 10.6 Å². The molecule has 0 unspecified atom stereocenters. The van der Waals surface area contributed by atoms with Gasteiger partial charge in [0.05, 0.1) is 0 Å². The van der Waals surface area contributed by atoms with Crippen molar-refractivity contribution in [1.82, 2.24) is 10.6 Å². The summed E-state index contributed by atoms with van der Waals surface area (Å²) in [6.45, 7) is 0. The van der Waals surface area contributed by atoms with Crippen LogP contribution in [0.2, 0.25) is 0 Å². The van der Waals surface area contributed by atoms with Gasteiger partial charge >= 0.3 is 12.0 Å². The van der Waals surface area contributed by atoms with Gasteiger partial charge in [-0.05, 0) is 6.08 Å². The summed E-state index contributed by atoms with van der Waals surface area (Å²) in [6.07, 6.45) is 1.91. The van der Waals surface area contributed by atoms with Gasteiger partial charge < -0.3 is 9.90 Å². The van der Waals surface area contributed by atoms with E-state index in [9.17, 15) is 24.0 Å². The van der Waals surface area contributed by atoms with Gasteiger partial charge in [0.1, 0.15) is 11.9 Å². The van der Waals surface area contributed by atoms with Gasteiger partial charge in [0.25, 0.3) is 11.8 Å². The lowest BCUT2D eigenvalue weighted by atomic mass is 10.1. The number of carboxylic acids is 1. The maximum absolute atomic E-state index is 11.2. The Labute approximate surface area is 100 Å². The Morgan fingerprint density at radius 1 is 1.17 bits per heavy atom. The Bertz CT molecular complexity index is 480. The highest BCUT2D eigenvalue weighted by Gasteiger charge is 2.27. The van der Waals surface area contributed by atoms with Crippen LogP contribution in [-0.4, -0.2) is 35.2 Å². The zero-order valence-corrected chi connectivity index (χ0v) is 8.93. The van der Waals surface area contributed by atoms with Gasteiger partial charge in [-0.2, -0.15) is 0 Å². The van der Waals surface area contributed by atoms with E-state index >= 15 is 0 Å². The number of aldehydes is 1. The highest BCUT2D eigenvalue weighted by molar-refractivity contribution is 6.29. The predicted octanol–water partition coefficient (Wildman–Crippen LogP) is -1.12. The van der Waals surface area contributed by atoms with Crippen LogP contribution in [0.3, 0.4) is 0 Å². The van der Waals surface area contributed by atoms with Crippen molar-refractivity contribution >= 4 is 30.1 Å². The van der Waals surface area contributed by atoms with Crippen LogP contribution in [0.15, 0.2) is 23.3 Å². The van der Waals surface area contributed by atoms with Crippen LogP contribution in [0.1, 0.15) is 6.42 Å². The SMILES string of the molecule is O=CC/C(=C/C=C1C(=O)NC(=O)NC1=O)C(=O)O. The molecular formula is C10H8N2O6. The number of aliphatic carboxylic acids is 1. The van der Waals surface area contributed by atoms with Gasteiger partial charge in [0.15, 0.2) is 0 Å². The lowest BCUT2D eigenvalue weighted by Gasteiger charge is -2.13. The molecule has 0 spiro atoms. The first-order valence-electron chi connectivity index (χ1n) is 4.70. The number of imide groups is 2. The molecule has 94 valence electrons. The van der Waals surface area contributed by atoms with Crippen molar-refractivity contribution in [2.75, 3.05) is 0 Å². The molecule has 0 radical (unpaired) electrons. The fraction of sp³-hybridized carbons (Fsp3) is 0.100. The van der Waals surface area contributed by atoms with Crippen LogP contribution in [-0.2, 0) is 19.2 Å². The maximum atomic E-state index is 11.2. The van der Waals surface area contributed by atoms with Crippen LogP contribution in [0.4, 0.5) is 4.79 Å². The van der Waals surface area contributed by atoms with E-state index in [-0.39, 0.29) is 12.0 Å². The number of carbonyl (C=O) groups is 5. The number of nitrogens with one attached hydrogen (secondary N) is 2. The molecule has 1 aliphatic rings. The molecule has 3 N–H and O–H groups in total. The van der Waals surface area contributed by atoms with E-state index in [2.05, 4.69) is 0 Å². The molecule has 1 aliphatic heterocycles. The minimum Gasteiger partial charge on any atom is -0.478 e. The van der Waals surface area contributed by atoms with Crippen molar-refractivity contribution in [3.8, 4) is 0 Å². The van der Waals surface area contributed by atoms with Gasteiger partial charge in [-0.15, -0.1) is 0 Å². The molecule has 1 fully saturated rings. The molecule has 0 aromatic carbocycles. The van der Waals surface area contributed by atoms with E-state index < -0.39 is 29.4 Å². The first-order valence-corrected chi connectivity index (χ1v) is 4.70. The van der Waals surface area contributed by atoms with Gasteiger partial charge in [-0.1, -0.05) is 6.08 Å². The van der Waals surface area contributed by atoms with E-state index in [0.29, 0.717) is 6.29 Å². The summed E-state index contributed by atoms with van der Waals surface area (Å²) in [5.41, 5.74) is -0.700. The number of urea groups is 1. The van der Waals surface area contributed by atoms with Crippen LogP contribution >= 0.6 is 0 Å².